The number of hydrogen-bond donors (Lipinski definition) is 1. The van der Waals surface area contributed by atoms with Gasteiger partial charge >= 0.3 is 6.18 Å². The SMILES string of the molecule is FC(F)(F)c1ccnc(CC2CCNCC2)c1. The Bertz CT molecular complexity index is 370. The monoisotopic (exact) mass is 244 g/mol. The summed E-state index contributed by atoms with van der Waals surface area (Å²) in [6.45, 7) is 1.90. The third kappa shape index (κ3) is 3.43. The Hall–Kier alpha value is -1.10. The lowest BCUT2D eigenvalue weighted by atomic mass is 9.92. The smallest absolute Gasteiger partial charge is 0.317 e. The summed E-state index contributed by atoms with van der Waals surface area (Å²) in [5, 5.41) is 3.24. The van der Waals surface area contributed by atoms with E-state index in [0.717, 1.165) is 32.0 Å². The molecule has 1 fully saturated rings. The van der Waals surface area contributed by atoms with E-state index in [9.17, 15) is 13.2 Å². The van der Waals surface area contributed by atoms with Gasteiger partial charge in [-0.25, -0.2) is 0 Å². The molecular formula is C12H15F3N2. The molecule has 1 saturated heterocycles. The van der Waals surface area contributed by atoms with Crippen LogP contribution in [-0.2, 0) is 12.6 Å². The summed E-state index contributed by atoms with van der Waals surface area (Å²) in [6.07, 6.45) is -0.355. The highest BCUT2D eigenvalue weighted by Crippen LogP contribution is 2.29. The summed E-state index contributed by atoms with van der Waals surface area (Å²) >= 11 is 0. The summed E-state index contributed by atoms with van der Waals surface area (Å²) in [6, 6.07) is 2.19. The van der Waals surface area contributed by atoms with Gasteiger partial charge in [-0.2, -0.15) is 13.2 Å². The summed E-state index contributed by atoms with van der Waals surface area (Å²) in [5.41, 5.74) is -0.0526. The Kier molecular flexibility index (Phi) is 3.66. The molecule has 0 spiro atoms. The van der Waals surface area contributed by atoms with Gasteiger partial charge in [0.15, 0.2) is 0 Å². The molecule has 0 saturated carbocycles. The summed E-state index contributed by atoms with van der Waals surface area (Å²) < 4.78 is 37.5. The number of alkyl halides is 3. The fourth-order valence-corrected chi connectivity index (χ4v) is 2.15. The van der Waals surface area contributed by atoms with Gasteiger partial charge in [0.05, 0.1) is 5.56 Å². The van der Waals surface area contributed by atoms with Crippen LogP contribution >= 0.6 is 0 Å². The first-order chi connectivity index (χ1) is 8.05. The van der Waals surface area contributed by atoms with Crippen molar-refractivity contribution in [2.24, 2.45) is 5.92 Å². The van der Waals surface area contributed by atoms with Crippen LogP contribution in [0.2, 0.25) is 0 Å². The van der Waals surface area contributed by atoms with E-state index < -0.39 is 11.7 Å². The maximum absolute atomic E-state index is 12.5. The average molecular weight is 244 g/mol. The van der Waals surface area contributed by atoms with Gasteiger partial charge in [-0.15, -0.1) is 0 Å². The number of rotatable bonds is 2. The van der Waals surface area contributed by atoms with Crippen LogP contribution in [0.25, 0.3) is 0 Å². The molecule has 1 aromatic heterocycles. The van der Waals surface area contributed by atoms with E-state index in [1.807, 2.05) is 0 Å². The minimum absolute atomic E-state index is 0.451. The predicted molar refractivity (Wildman–Crippen MR) is 58.5 cm³/mol. The van der Waals surface area contributed by atoms with Crippen molar-refractivity contribution >= 4 is 0 Å². The minimum atomic E-state index is -4.27. The Morgan fingerprint density at radius 1 is 1.29 bits per heavy atom. The number of aromatic nitrogens is 1. The van der Waals surface area contributed by atoms with E-state index in [0.29, 0.717) is 18.0 Å². The fraction of sp³-hybridized carbons (Fsp3) is 0.583. The fourth-order valence-electron chi connectivity index (χ4n) is 2.15. The Labute approximate surface area is 98.2 Å². The maximum Gasteiger partial charge on any atom is 0.416 e. The van der Waals surface area contributed by atoms with Crippen LogP contribution in [0.5, 0.6) is 0 Å². The van der Waals surface area contributed by atoms with Gasteiger partial charge in [-0.05, 0) is 50.4 Å². The lowest BCUT2D eigenvalue weighted by Crippen LogP contribution is -2.28. The highest BCUT2D eigenvalue weighted by Gasteiger charge is 2.30. The number of pyridine rings is 1. The molecule has 94 valence electrons. The molecular weight excluding hydrogens is 229 g/mol. The largest absolute Gasteiger partial charge is 0.416 e. The van der Waals surface area contributed by atoms with Crippen LogP contribution in [0.15, 0.2) is 18.3 Å². The van der Waals surface area contributed by atoms with Crippen molar-refractivity contribution < 1.29 is 13.2 Å². The lowest BCUT2D eigenvalue weighted by Gasteiger charge is -2.22. The zero-order valence-electron chi connectivity index (χ0n) is 9.43. The van der Waals surface area contributed by atoms with Crippen LogP contribution in [0.1, 0.15) is 24.1 Å². The molecule has 1 aromatic rings. The van der Waals surface area contributed by atoms with E-state index in [-0.39, 0.29) is 0 Å². The molecule has 0 amide bonds. The van der Waals surface area contributed by atoms with Crippen molar-refractivity contribution in [1.82, 2.24) is 10.3 Å². The molecule has 0 aliphatic carbocycles. The molecule has 2 nitrogen and oxygen atoms in total. The first-order valence-electron chi connectivity index (χ1n) is 5.78. The molecule has 2 heterocycles. The summed E-state index contributed by atoms with van der Waals surface area (Å²) in [7, 11) is 0. The molecule has 0 unspecified atom stereocenters. The van der Waals surface area contributed by atoms with E-state index in [1.165, 1.54) is 12.3 Å². The highest BCUT2D eigenvalue weighted by molar-refractivity contribution is 5.19. The van der Waals surface area contributed by atoms with Crippen molar-refractivity contribution in [2.45, 2.75) is 25.4 Å². The first-order valence-corrected chi connectivity index (χ1v) is 5.78. The second-order valence-corrected chi connectivity index (χ2v) is 4.43. The number of hydrogen-bond acceptors (Lipinski definition) is 2. The number of nitrogens with one attached hydrogen (secondary N) is 1. The molecule has 0 radical (unpaired) electrons. The van der Waals surface area contributed by atoms with Gasteiger partial charge in [0, 0.05) is 11.9 Å². The van der Waals surface area contributed by atoms with Gasteiger partial charge in [-0.1, -0.05) is 0 Å². The van der Waals surface area contributed by atoms with Gasteiger partial charge in [-0.3, -0.25) is 4.98 Å². The molecule has 0 aromatic carbocycles. The van der Waals surface area contributed by atoms with E-state index >= 15 is 0 Å². The first kappa shape index (κ1) is 12.4. The quantitative estimate of drug-likeness (QED) is 0.865. The van der Waals surface area contributed by atoms with Crippen molar-refractivity contribution in [2.75, 3.05) is 13.1 Å². The number of nitrogens with zero attached hydrogens (tertiary/aromatic N) is 1. The Morgan fingerprint density at radius 2 is 2.00 bits per heavy atom. The molecule has 1 aliphatic rings. The lowest BCUT2D eigenvalue weighted by molar-refractivity contribution is -0.137. The highest BCUT2D eigenvalue weighted by atomic mass is 19.4. The molecule has 1 aliphatic heterocycles. The second kappa shape index (κ2) is 5.04. The summed E-state index contributed by atoms with van der Waals surface area (Å²) in [5.74, 6) is 0.451. The van der Waals surface area contributed by atoms with Gasteiger partial charge in [0.1, 0.15) is 0 Å². The predicted octanol–water partition coefficient (Wildman–Crippen LogP) is 2.64. The normalized spacial score (nSPS) is 18.3. The van der Waals surface area contributed by atoms with Crippen LogP contribution in [0, 0.1) is 5.92 Å². The standard InChI is InChI=1S/C12H15F3N2/c13-12(14,15)10-3-6-17-11(8-10)7-9-1-4-16-5-2-9/h3,6,8-9,16H,1-2,4-5,7H2. The molecule has 17 heavy (non-hydrogen) atoms. The molecule has 0 bridgehead atoms. The number of halogens is 3. The van der Waals surface area contributed by atoms with E-state index in [2.05, 4.69) is 10.3 Å². The van der Waals surface area contributed by atoms with Crippen molar-refractivity contribution in [1.29, 1.82) is 0 Å². The van der Waals surface area contributed by atoms with Crippen LogP contribution in [0.4, 0.5) is 13.2 Å². The molecule has 5 heteroatoms. The van der Waals surface area contributed by atoms with Crippen LogP contribution < -0.4 is 5.32 Å². The third-order valence-electron chi connectivity index (χ3n) is 3.10. The van der Waals surface area contributed by atoms with Gasteiger partial charge in [0.2, 0.25) is 0 Å². The van der Waals surface area contributed by atoms with Crippen LogP contribution in [0.3, 0.4) is 0 Å². The Balaban J connectivity index is 2.05. The second-order valence-electron chi connectivity index (χ2n) is 4.43. The average Bonchev–Trinajstić information content (AvgIpc) is 2.29. The molecule has 0 atom stereocenters. The van der Waals surface area contributed by atoms with Gasteiger partial charge in [0.25, 0.3) is 0 Å². The molecule has 2 rings (SSSR count). The Morgan fingerprint density at radius 3 is 2.65 bits per heavy atom. The van der Waals surface area contributed by atoms with Gasteiger partial charge < -0.3 is 5.32 Å². The van der Waals surface area contributed by atoms with E-state index in [4.69, 9.17) is 0 Å². The maximum atomic E-state index is 12.5. The zero-order chi connectivity index (χ0) is 12.3. The van der Waals surface area contributed by atoms with Crippen molar-refractivity contribution in [3.05, 3.63) is 29.6 Å². The minimum Gasteiger partial charge on any atom is -0.317 e. The number of piperidine rings is 1. The van der Waals surface area contributed by atoms with E-state index in [1.54, 1.807) is 0 Å². The zero-order valence-corrected chi connectivity index (χ0v) is 9.43. The topological polar surface area (TPSA) is 24.9 Å². The molecule has 1 N–H and O–H groups in total. The van der Waals surface area contributed by atoms with Crippen molar-refractivity contribution in [3.63, 3.8) is 0 Å². The summed E-state index contributed by atoms with van der Waals surface area (Å²) in [4.78, 5) is 4.03. The van der Waals surface area contributed by atoms with Crippen LogP contribution in [-0.4, -0.2) is 18.1 Å². The third-order valence-corrected chi connectivity index (χ3v) is 3.10. The van der Waals surface area contributed by atoms with Crippen molar-refractivity contribution in [3.8, 4) is 0 Å².